The van der Waals surface area contributed by atoms with E-state index in [1.807, 2.05) is 6.07 Å². The summed E-state index contributed by atoms with van der Waals surface area (Å²) in [7, 11) is 0. The van der Waals surface area contributed by atoms with Gasteiger partial charge in [0.05, 0.1) is 11.1 Å². The molecule has 0 aliphatic carbocycles. The van der Waals surface area contributed by atoms with Crippen LogP contribution in [0.2, 0.25) is 5.02 Å². The molecule has 1 fully saturated rings. The third kappa shape index (κ3) is 2.48. The monoisotopic (exact) mass is 229 g/mol. The van der Waals surface area contributed by atoms with Crippen molar-refractivity contribution in [3.05, 3.63) is 34.6 Å². The molecule has 2 nitrogen and oxygen atoms in total. The quantitative estimate of drug-likeness (QED) is 0.839. The number of hydrogen-bond acceptors (Lipinski definition) is 2. The predicted molar refractivity (Wildman–Crippen MR) is 57.3 cm³/mol. The van der Waals surface area contributed by atoms with Crippen LogP contribution in [0.15, 0.2) is 18.2 Å². The van der Waals surface area contributed by atoms with E-state index in [0.29, 0.717) is 13.1 Å². The number of aliphatic hydroxyl groups is 1. The Morgan fingerprint density at radius 1 is 1.53 bits per heavy atom. The highest BCUT2D eigenvalue weighted by atomic mass is 35.5. The summed E-state index contributed by atoms with van der Waals surface area (Å²) in [5.74, 6) is -0.381. The van der Waals surface area contributed by atoms with Crippen molar-refractivity contribution in [2.24, 2.45) is 0 Å². The van der Waals surface area contributed by atoms with Gasteiger partial charge in [-0.3, -0.25) is 4.90 Å². The third-order valence-electron chi connectivity index (χ3n) is 2.67. The van der Waals surface area contributed by atoms with Crippen LogP contribution in [0.3, 0.4) is 0 Å². The van der Waals surface area contributed by atoms with E-state index in [1.54, 1.807) is 6.07 Å². The zero-order chi connectivity index (χ0) is 10.8. The Balaban J connectivity index is 2.07. The molecule has 1 aliphatic heterocycles. The van der Waals surface area contributed by atoms with Gasteiger partial charge in [0.1, 0.15) is 5.82 Å². The lowest BCUT2D eigenvalue weighted by atomic mass is 10.2. The van der Waals surface area contributed by atoms with Gasteiger partial charge in [-0.1, -0.05) is 23.7 Å². The molecular formula is C11H13ClFNO. The van der Waals surface area contributed by atoms with Gasteiger partial charge < -0.3 is 5.11 Å². The first-order chi connectivity index (χ1) is 7.16. The minimum absolute atomic E-state index is 0.193. The van der Waals surface area contributed by atoms with Crippen LogP contribution in [0.25, 0.3) is 0 Å². The SMILES string of the molecule is O[C@H]1CCN(Cc2cccc(F)c2Cl)C1. The van der Waals surface area contributed by atoms with Gasteiger partial charge in [0, 0.05) is 19.6 Å². The van der Waals surface area contributed by atoms with Gasteiger partial charge in [-0.25, -0.2) is 4.39 Å². The van der Waals surface area contributed by atoms with E-state index < -0.39 is 0 Å². The van der Waals surface area contributed by atoms with E-state index in [9.17, 15) is 9.50 Å². The van der Waals surface area contributed by atoms with Crippen LogP contribution in [-0.4, -0.2) is 29.2 Å². The Morgan fingerprint density at radius 3 is 3.00 bits per heavy atom. The molecule has 1 heterocycles. The molecule has 2 rings (SSSR count). The van der Waals surface area contributed by atoms with Crippen molar-refractivity contribution in [1.29, 1.82) is 0 Å². The molecule has 0 aromatic heterocycles. The van der Waals surface area contributed by atoms with Gasteiger partial charge in [-0.2, -0.15) is 0 Å². The molecule has 0 spiro atoms. The van der Waals surface area contributed by atoms with E-state index >= 15 is 0 Å². The van der Waals surface area contributed by atoms with Gasteiger partial charge in [-0.15, -0.1) is 0 Å². The second kappa shape index (κ2) is 4.47. The zero-order valence-corrected chi connectivity index (χ0v) is 9.04. The lowest BCUT2D eigenvalue weighted by Gasteiger charge is -2.15. The van der Waals surface area contributed by atoms with Gasteiger partial charge in [0.15, 0.2) is 0 Å². The van der Waals surface area contributed by atoms with Gasteiger partial charge in [0.2, 0.25) is 0 Å². The second-order valence-electron chi connectivity index (χ2n) is 3.89. The van der Waals surface area contributed by atoms with Crippen LogP contribution in [0.5, 0.6) is 0 Å². The van der Waals surface area contributed by atoms with Gasteiger partial charge in [0.25, 0.3) is 0 Å². The molecule has 1 N–H and O–H groups in total. The molecule has 15 heavy (non-hydrogen) atoms. The Labute approximate surface area is 93.3 Å². The van der Waals surface area contributed by atoms with E-state index in [4.69, 9.17) is 11.6 Å². The highest BCUT2D eigenvalue weighted by Crippen LogP contribution is 2.22. The third-order valence-corrected chi connectivity index (χ3v) is 3.10. The molecule has 1 aliphatic rings. The number of nitrogens with zero attached hydrogens (tertiary/aromatic N) is 1. The summed E-state index contributed by atoms with van der Waals surface area (Å²) < 4.78 is 13.1. The van der Waals surface area contributed by atoms with Crippen molar-refractivity contribution < 1.29 is 9.50 Å². The fourth-order valence-corrected chi connectivity index (χ4v) is 2.05. The summed E-state index contributed by atoms with van der Waals surface area (Å²) in [5, 5.41) is 9.55. The van der Waals surface area contributed by atoms with Gasteiger partial charge >= 0.3 is 0 Å². The van der Waals surface area contributed by atoms with Crippen LogP contribution in [0.1, 0.15) is 12.0 Å². The van der Waals surface area contributed by atoms with Crippen molar-refractivity contribution in [2.45, 2.75) is 19.1 Å². The lowest BCUT2D eigenvalue weighted by Crippen LogP contribution is -2.21. The molecule has 1 aromatic rings. The normalized spacial score (nSPS) is 22.2. The standard InChI is InChI=1S/C11H13ClFNO/c12-11-8(2-1-3-10(11)13)6-14-5-4-9(15)7-14/h1-3,9,15H,4-7H2/t9-/m0/s1. The van der Waals surface area contributed by atoms with Crippen LogP contribution in [0.4, 0.5) is 4.39 Å². The highest BCUT2D eigenvalue weighted by molar-refractivity contribution is 6.31. The van der Waals surface area contributed by atoms with Crippen molar-refractivity contribution in [3.8, 4) is 0 Å². The van der Waals surface area contributed by atoms with Crippen molar-refractivity contribution >= 4 is 11.6 Å². The summed E-state index contributed by atoms with van der Waals surface area (Å²) in [4.78, 5) is 2.07. The fraction of sp³-hybridized carbons (Fsp3) is 0.455. The van der Waals surface area contributed by atoms with Crippen LogP contribution < -0.4 is 0 Å². The molecular weight excluding hydrogens is 217 g/mol. The Kier molecular flexibility index (Phi) is 3.24. The maximum absolute atomic E-state index is 13.1. The molecule has 4 heteroatoms. The van der Waals surface area contributed by atoms with Gasteiger partial charge in [-0.05, 0) is 18.1 Å². The highest BCUT2D eigenvalue weighted by Gasteiger charge is 2.21. The minimum atomic E-state index is -0.381. The largest absolute Gasteiger partial charge is 0.392 e. The zero-order valence-electron chi connectivity index (χ0n) is 8.29. The van der Waals surface area contributed by atoms with E-state index in [-0.39, 0.29) is 16.9 Å². The second-order valence-corrected chi connectivity index (χ2v) is 4.27. The first kappa shape index (κ1) is 10.9. The minimum Gasteiger partial charge on any atom is -0.392 e. The van der Waals surface area contributed by atoms with Crippen molar-refractivity contribution in [2.75, 3.05) is 13.1 Å². The average molecular weight is 230 g/mol. The molecule has 0 amide bonds. The number of rotatable bonds is 2. The number of likely N-dealkylation sites (tertiary alicyclic amines) is 1. The molecule has 82 valence electrons. The summed E-state index contributed by atoms with van der Waals surface area (Å²) >= 11 is 5.84. The fourth-order valence-electron chi connectivity index (χ4n) is 1.87. The molecule has 1 aromatic carbocycles. The Hall–Kier alpha value is -0.640. The predicted octanol–water partition coefficient (Wildman–Crippen LogP) is 2.05. The molecule has 1 saturated heterocycles. The number of aliphatic hydroxyl groups excluding tert-OH is 1. The topological polar surface area (TPSA) is 23.5 Å². The summed E-state index contributed by atoms with van der Waals surface area (Å²) in [5.41, 5.74) is 0.783. The first-order valence-corrected chi connectivity index (χ1v) is 5.38. The molecule has 0 saturated carbocycles. The van der Waals surface area contributed by atoms with Crippen LogP contribution in [-0.2, 0) is 6.54 Å². The van der Waals surface area contributed by atoms with Crippen molar-refractivity contribution in [3.63, 3.8) is 0 Å². The number of halogens is 2. The van der Waals surface area contributed by atoms with Crippen LogP contribution >= 0.6 is 11.6 Å². The average Bonchev–Trinajstić information content (AvgIpc) is 2.59. The van der Waals surface area contributed by atoms with E-state index in [0.717, 1.165) is 18.5 Å². The maximum atomic E-state index is 13.1. The number of benzene rings is 1. The summed E-state index contributed by atoms with van der Waals surface area (Å²) in [6.45, 7) is 2.09. The summed E-state index contributed by atoms with van der Waals surface area (Å²) in [6.07, 6.45) is 0.532. The number of β-amino-alcohol motifs (C(OH)–C–C–N with tert-alkyl or cyclic N) is 1. The number of hydrogen-bond donors (Lipinski definition) is 1. The summed E-state index contributed by atoms with van der Waals surface area (Å²) in [6, 6.07) is 4.82. The van der Waals surface area contributed by atoms with E-state index in [2.05, 4.69) is 4.90 Å². The van der Waals surface area contributed by atoms with Crippen LogP contribution in [0, 0.1) is 5.82 Å². The van der Waals surface area contributed by atoms with Crippen molar-refractivity contribution in [1.82, 2.24) is 4.90 Å². The smallest absolute Gasteiger partial charge is 0.142 e. The molecule has 0 radical (unpaired) electrons. The molecule has 0 unspecified atom stereocenters. The van der Waals surface area contributed by atoms with E-state index in [1.165, 1.54) is 6.07 Å². The first-order valence-electron chi connectivity index (χ1n) is 5.00. The Morgan fingerprint density at radius 2 is 2.33 bits per heavy atom. The maximum Gasteiger partial charge on any atom is 0.142 e. The lowest BCUT2D eigenvalue weighted by molar-refractivity contribution is 0.175. The Bertz CT molecular complexity index is 358. The molecule has 1 atom stereocenters. The molecule has 0 bridgehead atoms.